The fourth-order valence-corrected chi connectivity index (χ4v) is 2.14. The number of amides is 1. The first-order chi connectivity index (χ1) is 6.02. The van der Waals surface area contributed by atoms with E-state index in [1.54, 1.807) is 4.90 Å². The van der Waals surface area contributed by atoms with Gasteiger partial charge in [-0.2, -0.15) is 0 Å². The zero-order valence-electron chi connectivity index (χ0n) is 9.21. The van der Waals surface area contributed by atoms with Gasteiger partial charge in [0, 0.05) is 20.0 Å². The number of carbonyl (C=O) groups excluding carboxylic acids is 1. The number of nitrogens with zero attached hydrogens (tertiary/aromatic N) is 1. The fraction of sp³-hybridized carbons (Fsp3) is 0.909. The van der Waals surface area contributed by atoms with Crippen molar-refractivity contribution >= 4 is 5.91 Å². The summed E-state index contributed by atoms with van der Waals surface area (Å²) < 4.78 is 0. The summed E-state index contributed by atoms with van der Waals surface area (Å²) in [6.45, 7) is 4.56. The van der Waals surface area contributed by atoms with Crippen molar-refractivity contribution in [2.24, 2.45) is 17.8 Å². The average Bonchev–Trinajstić information content (AvgIpc) is 2.08. The lowest BCUT2D eigenvalue weighted by molar-refractivity contribution is -0.134. The number of carbonyl (C=O) groups is 1. The van der Waals surface area contributed by atoms with E-state index in [1.807, 2.05) is 14.1 Å². The van der Waals surface area contributed by atoms with Crippen molar-refractivity contribution in [2.45, 2.75) is 33.1 Å². The average molecular weight is 183 g/mol. The first-order valence-corrected chi connectivity index (χ1v) is 5.23. The Bertz CT molecular complexity index is 189. The molecule has 1 aliphatic rings. The van der Waals surface area contributed by atoms with Gasteiger partial charge in [0.05, 0.1) is 0 Å². The SMILES string of the molecule is C[C@@H]1CCC(C(=O)N(C)C)C[C@@H]1C. The van der Waals surface area contributed by atoms with Crippen molar-refractivity contribution in [3.05, 3.63) is 0 Å². The van der Waals surface area contributed by atoms with Gasteiger partial charge >= 0.3 is 0 Å². The van der Waals surface area contributed by atoms with Crippen LogP contribution in [0.4, 0.5) is 0 Å². The Hall–Kier alpha value is -0.530. The van der Waals surface area contributed by atoms with Crippen LogP contribution in [0.3, 0.4) is 0 Å². The van der Waals surface area contributed by atoms with E-state index in [1.165, 1.54) is 6.42 Å². The fourth-order valence-electron chi connectivity index (χ4n) is 2.14. The van der Waals surface area contributed by atoms with Gasteiger partial charge in [-0.05, 0) is 31.1 Å². The summed E-state index contributed by atoms with van der Waals surface area (Å²) >= 11 is 0. The van der Waals surface area contributed by atoms with E-state index in [2.05, 4.69) is 13.8 Å². The molecule has 1 saturated carbocycles. The van der Waals surface area contributed by atoms with Crippen molar-refractivity contribution in [2.75, 3.05) is 14.1 Å². The molecule has 0 aromatic rings. The van der Waals surface area contributed by atoms with Crippen LogP contribution in [-0.2, 0) is 4.79 Å². The van der Waals surface area contributed by atoms with E-state index in [-0.39, 0.29) is 0 Å². The molecule has 2 heteroatoms. The molecule has 0 N–H and O–H groups in total. The van der Waals surface area contributed by atoms with Gasteiger partial charge in [0.25, 0.3) is 0 Å². The minimum atomic E-state index is 0.293. The molecule has 1 unspecified atom stereocenters. The van der Waals surface area contributed by atoms with Crippen LogP contribution >= 0.6 is 0 Å². The Labute approximate surface area is 81.3 Å². The Balaban J connectivity index is 2.50. The van der Waals surface area contributed by atoms with Crippen LogP contribution < -0.4 is 0 Å². The Morgan fingerprint density at radius 1 is 1.15 bits per heavy atom. The highest BCUT2D eigenvalue weighted by Gasteiger charge is 2.29. The molecule has 0 aromatic heterocycles. The maximum absolute atomic E-state index is 11.7. The molecular weight excluding hydrogens is 162 g/mol. The van der Waals surface area contributed by atoms with Crippen LogP contribution in [0, 0.1) is 17.8 Å². The smallest absolute Gasteiger partial charge is 0.225 e. The van der Waals surface area contributed by atoms with Gasteiger partial charge in [-0.1, -0.05) is 13.8 Å². The largest absolute Gasteiger partial charge is 0.349 e. The highest BCUT2D eigenvalue weighted by atomic mass is 16.2. The summed E-state index contributed by atoms with van der Waals surface area (Å²) in [6, 6.07) is 0. The van der Waals surface area contributed by atoms with E-state index >= 15 is 0 Å². The van der Waals surface area contributed by atoms with Crippen molar-refractivity contribution in [3.63, 3.8) is 0 Å². The van der Waals surface area contributed by atoms with Gasteiger partial charge in [0.2, 0.25) is 5.91 Å². The first kappa shape index (κ1) is 10.6. The van der Waals surface area contributed by atoms with Crippen molar-refractivity contribution in [3.8, 4) is 0 Å². The Morgan fingerprint density at radius 3 is 2.23 bits per heavy atom. The molecule has 1 fully saturated rings. The van der Waals surface area contributed by atoms with Crippen LogP contribution in [0.15, 0.2) is 0 Å². The second kappa shape index (κ2) is 4.12. The molecule has 0 aliphatic heterocycles. The second-order valence-corrected chi connectivity index (χ2v) is 4.70. The summed E-state index contributed by atoms with van der Waals surface area (Å²) in [4.78, 5) is 13.4. The molecular formula is C11H21NO. The summed E-state index contributed by atoms with van der Waals surface area (Å²) in [5.41, 5.74) is 0. The van der Waals surface area contributed by atoms with E-state index < -0.39 is 0 Å². The summed E-state index contributed by atoms with van der Waals surface area (Å²) in [5.74, 6) is 2.12. The third kappa shape index (κ3) is 2.45. The highest BCUT2D eigenvalue weighted by molar-refractivity contribution is 5.78. The van der Waals surface area contributed by atoms with Crippen molar-refractivity contribution < 1.29 is 4.79 Å². The molecule has 0 spiro atoms. The number of hydrogen-bond donors (Lipinski definition) is 0. The van der Waals surface area contributed by atoms with Gasteiger partial charge in [0.1, 0.15) is 0 Å². The van der Waals surface area contributed by atoms with E-state index in [0.717, 1.165) is 18.8 Å². The predicted molar refractivity (Wildman–Crippen MR) is 54.4 cm³/mol. The van der Waals surface area contributed by atoms with Crippen molar-refractivity contribution in [1.82, 2.24) is 4.90 Å². The quantitative estimate of drug-likeness (QED) is 0.610. The summed E-state index contributed by atoms with van der Waals surface area (Å²) in [5, 5.41) is 0. The molecule has 1 rings (SSSR count). The first-order valence-electron chi connectivity index (χ1n) is 5.23. The van der Waals surface area contributed by atoms with Gasteiger partial charge in [-0.25, -0.2) is 0 Å². The molecule has 1 amide bonds. The van der Waals surface area contributed by atoms with Gasteiger partial charge in [-0.15, -0.1) is 0 Å². The maximum atomic E-state index is 11.7. The zero-order chi connectivity index (χ0) is 10.0. The zero-order valence-corrected chi connectivity index (χ0v) is 9.21. The molecule has 0 bridgehead atoms. The molecule has 0 aromatic carbocycles. The van der Waals surface area contributed by atoms with Crippen LogP contribution in [0.5, 0.6) is 0 Å². The molecule has 76 valence electrons. The standard InChI is InChI=1S/C11H21NO/c1-8-5-6-10(7-9(8)2)11(13)12(3)4/h8-10H,5-7H2,1-4H3/t8-,9+,10?/m1/s1. The third-order valence-corrected chi connectivity index (χ3v) is 3.39. The molecule has 0 saturated heterocycles. The molecule has 1 aliphatic carbocycles. The normalized spacial score (nSPS) is 34.3. The highest BCUT2D eigenvalue weighted by Crippen LogP contribution is 2.33. The Morgan fingerprint density at radius 2 is 1.77 bits per heavy atom. The lowest BCUT2D eigenvalue weighted by atomic mass is 9.75. The van der Waals surface area contributed by atoms with E-state index in [9.17, 15) is 4.79 Å². The summed E-state index contributed by atoms with van der Waals surface area (Å²) in [6.07, 6.45) is 3.38. The summed E-state index contributed by atoms with van der Waals surface area (Å²) in [7, 11) is 3.70. The topological polar surface area (TPSA) is 20.3 Å². The molecule has 3 atom stereocenters. The van der Waals surface area contributed by atoms with E-state index in [4.69, 9.17) is 0 Å². The molecule has 13 heavy (non-hydrogen) atoms. The number of hydrogen-bond acceptors (Lipinski definition) is 1. The monoisotopic (exact) mass is 183 g/mol. The Kier molecular flexibility index (Phi) is 3.34. The number of rotatable bonds is 1. The van der Waals surface area contributed by atoms with E-state index in [0.29, 0.717) is 17.7 Å². The predicted octanol–water partition coefficient (Wildman–Crippen LogP) is 2.15. The minimum absolute atomic E-state index is 0.293. The van der Waals surface area contributed by atoms with Gasteiger partial charge in [0.15, 0.2) is 0 Å². The van der Waals surface area contributed by atoms with Crippen LogP contribution in [0.25, 0.3) is 0 Å². The molecule has 2 nitrogen and oxygen atoms in total. The lowest BCUT2D eigenvalue weighted by Gasteiger charge is -2.32. The molecule has 0 heterocycles. The van der Waals surface area contributed by atoms with Gasteiger partial charge < -0.3 is 4.90 Å². The second-order valence-electron chi connectivity index (χ2n) is 4.70. The van der Waals surface area contributed by atoms with Gasteiger partial charge in [-0.3, -0.25) is 4.79 Å². The molecule has 0 radical (unpaired) electrons. The van der Waals surface area contributed by atoms with Crippen molar-refractivity contribution in [1.29, 1.82) is 0 Å². The van der Waals surface area contributed by atoms with Crippen LogP contribution in [0.2, 0.25) is 0 Å². The van der Waals surface area contributed by atoms with Crippen LogP contribution in [0.1, 0.15) is 33.1 Å². The lowest BCUT2D eigenvalue weighted by Crippen LogP contribution is -2.34. The van der Waals surface area contributed by atoms with Crippen LogP contribution in [-0.4, -0.2) is 24.9 Å². The third-order valence-electron chi connectivity index (χ3n) is 3.39. The maximum Gasteiger partial charge on any atom is 0.225 e. The minimum Gasteiger partial charge on any atom is -0.349 e.